The van der Waals surface area contributed by atoms with E-state index >= 15 is 0 Å². The highest BCUT2D eigenvalue weighted by molar-refractivity contribution is 7.13. The fourth-order valence-electron chi connectivity index (χ4n) is 1.75. The Morgan fingerprint density at radius 3 is 2.79 bits per heavy atom. The van der Waals surface area contributed by atoms with Gasteiger partial charge in [-0.3, -0.25) is 4.79 Å². The monoisotopic (exact) mass is 292 g/mol. The van der Waals surface area contributed by atoms with Gasteiger partial charge in [-0.15, -0.1) is 11.3 Å². The molecule has 0 unspecified atom stereocenters. The van der Waals surface area contributed by atoms with Gasteiger partial charge in [-0.2, -0.15) is 0 Å². The first-order valence-corrected chi connectivity index (χ1v) is 7.48. The van der Waals surface area contributed by atoms with Gasteiger partial charge in [-0.1, -0.05) is 23.7 Å². The quantitative estimate of drug-likeness (QED) is 0.935. The average Bonchev–Trinajstić information content (AvgIpc) is 3.12. The van der Waals surface area contributed by atoms with Crippen LogP contribution in [0, 0.1) is 5.92 Å². The Hall–Kier alpha value is -1.39. The standard InChI is InChI=1S/C14H13ClN2OS/c15-11-5-3-10(4-6-11)14-17-12(8-19-14)13(18)16-7-9-1-2-9/h3-6,8-9H,1-2,7H2,(H,16,18). The lowest BCUT2D eigenvalue weighted by molar-refractivity contribution is 0.0947. The molecule has 0 saturated heterocycles. The number of hydrogen-bond donors (Lipinski definition) is 1. The Kier molecular flexibility index (Phi) is 3.53. The van der Waals surface area contributed by atoms with Crippen molar-refractivity contribution in [3.63, 3.8) is 0 Å². The largest absolute Gasteiger partial charge is 0.350 e. The molecule has 1 heterocycles. The summed E-state index contributed by atoms with van der Waals surface area (Å²) in [5, 5.41) is 6.25. The van der Waals surface area contributed by atoms with Crippen LogP contribution in [0.3, 0.4) is 0 Å². The molecule has 1 aromatic heterocycles. The number of carbonyl (C=O) groups is 1. The van der Waals surface area contributed by atoms with Crippen LogP contribution in [0.4, 0.5) is 0 Å². The summed E-state index contributed by atoms with van der Waals surface area (Å²) in [6.07, 6.45) is 2.46. The molecule has 1 aliphatic rings. The minimum atomic E-state index is -0.0802. The molecule has 0 radical (unpaired) electrons. The van der Waals surface area contributed by atoms with E-state index in [9.17, 15) is 4.79 Å². The van der Waals surface area contributed by atoms with Gasteiger partial charge in [0.15, 0.2) is 0 Å². The van der Waals surface area contributed by atoms with E-state index in [4.69, 9.17) is 11.6 Å². The number of amides is 1. The second-order valence-corrected chi connectivity index (χ2v) is 5.99. The van der Waals surface area contributed by atoms with Gasteiger partial charge in [0.25, 0.3) is 5.91 Å². The topological polar surface area (TPSA) is 42.0 Å². The third kappa shape index (κ3) is 3.14. The maximum atomic E-state index is 11.9. The van der Waals surface area contributed by atoms with E-state index in [2.05, 4.69) is 10.3 Å². The third-order valence-corrected chi connectivity index (χ3v) is 4.22. The van der Waals surface area contributed by atoms with Gasteiger partial charge >= 0.3 is 0 Å². The van der Waals surface area contributed by atoms with Crippen LogP contribution in [-0.2, 0) is 0 Å². The highest BCUT2D eigenvalue weighted by Crippen LogP contribution is 2.28. The Bertz CT molecular complexity index is 590. The van der Waals surface area contributed by atoms with Crippen molar-refractivity contribution in [1.29, 1.82) is 0 Å². The van der Waals surface area contributed by atoms with Crippen LogP contribution in [0.2, 0.25) is 5.02 Å². The highest BCUT2D eigenvalue weighted by atomic mass is 35.5. The smallest absolute Gasteiger partial charge is 0.270 e. The molecule has 0 atom stereocenters. The molecule has 1 amide bonds. The number of hydrogen-bond acceptors (Lipinski definition) is 3. The van der Waals surface area contributed by atoms with Crippen LogP contribution in [0.25, 0.3) is 10.6 Å². The predicted molar refractivity (Wildman–Crippen MR) is 77.6 cm³/mol. The molecule has 1 N–H and O–H groups in total. The van der Waals surface area contributed by atoms with Crippen molar-refractivity contribution in [2.75, 3.05) is 6.54 Å². The number of aromatic nitrogens is 1. The number of rotatable bonds is 4. The first kappa shape index (κ1) is 12.6. The van der Waals surface area contributed by atoms with Crippen molar-refractivity contribution < 1.29 is 4.79 Å². The zero-order chi connectivity index (χ0) is 13.2. The van der Waals surface area contributed by atoms with E-state index in [-0.39, 0.29) is 5.91 Å². The van der Waals surface area contributed by atoms with Crippen molar-refractivity contribution >= 4 is 28.8 Å². The van der Waals surface area contributed by atoms with Gasteiger partial charge in [0.1, 0.15) is 10.7 Å². The number of nitrogens with zero attached hydrogens (tertiary/aromatic N) is 1. The molecule has 3 rings (SSSR count). The molecule has 1 saturated carbocycles. The fraction of sp³-hybridized carbons (Fsp3) is 0.286. The second-order valence-electron chi connectivity index (χ2n) is 4.70. The van der Waals surface area contributed by atoms with Crippen LogP contribution < -0.4 is 5.32 Å². The van der Waals surface area contributed by atoms with E-state index in [0.717, 1.165) is 17.1 Å². The summed E-state index contributed by atoms with van der Waals surface area (Å²) in [7, 11) is 0. The number of halogens is 1. The Morgan fingerprint density at radius 2 is 2.11 bits per heavy atom. The molecule has 1 aromatic carbocycles. The molecule has 0 bridgehead atoms. The van der Waals surface area contributed by atoms with Crippen molar-refractivity contribution in [1.82, 2.24) is 10.3 Å². The van der Waals surface area contributed by atoms with Gasteiger partial charge in [-0.25, -0.2) is 4.98 Å². The lowest BCUT2D eigenvalue weighted by Gasteiger charge is -2.00. The first-order chi connectivity index (χ1) is 9.22. The summed E-state index contributed by atoms with van der Waals surface area (Å²) in [4.78, 5) is 16.3. The zero-order valence-corrected chi connectivity index (χ0v) is 11.8. The molecule has 19 heavy (non-hydrogen) atoms. The van der Waals surface area contributed by atoms with Gasteiger partial charge in [0.2, 0.25) is 0 Å². The summed E-state index contributed by atoms with van der Waals surface area (Å²) >= 11 is 7.32. The molecule has 1 aliphatic carbocycles. The molecule has 98 valence electrons. The van der Waals surface area contributed by atoms with Crippen LogP contribution in [0.15, 0.2) is 29.6 Å². The summed E-state index contributed by atoms with van der Waals surface area (Å²) in [5.74, 6) is 0.599. The predicted octanol–water partition coefficient (Wildman–Crippen LogP) is 3.60. The minimum absolute atomic E-state index is 0.0802. The molecule has 5 heteroatoms. The normalized spacial score (nSPS) is 14.4. The Morgan fingerprint density at radius 1 is 1.37 bits per heavy atom. The zero-order valence-electron chi connectivity index (χ0n) is 10.2. The van der Waals surface area contributed by atoms with E-state index in [0.29, 0.717) is 16.6 Å². The van der Waals surface area contributed by atoms with Crippen LogP contribution >= 0.6 is 22.9 Å². The molecule has 3 nitrogen and oxygen atoms in total. The minimum Gasteiger partial charge on any atom is -0.350 e. The van der Waals surface area contributed by atoms with Crippen molar-refractivity contribution in [3.8, 4) is 10.6 Å². The molecule has 1 fully saturated rings. The molecule has 0 aliphatic heterocycles. The lowest BCUT2D eigenvalue weighted by atomic mass is 10.2. The lowest BCUT2D eigenvalue weighted by Crippen LogP contribution is -2.25. The summed E-state index contributed by atoms with van der Waals surface area (Å²) in [6.45, 7) is 0.770. The van der Waals surface area contributed by atoms with Crippen molar-refractivity contribution in [2.24, 2.45) is 5.92 Å². The SMILES string of the molecule is O=C(NCC1CC1)c1csc(-c2ccc(Cl)cc2)n1. The van der Waals surface area contributed by atoms with Gasteiger partial charge in [0, 0.05) is 22.5 Å². The molecular formula is C14H13ClN2OS. The maximum Gasteiger partial charge on any atom is 0.270 e. The van der Waals surface area contributed by atoms with Crippen LogP contribution in [-0.4, -0.2) is 17.4 Å². The Balaban J connectivity index is 1.71. The Labute approximate surface area is 120 Å². The number of nitrogens with one attached hydrogen (secondary N) is 1. The van der Waals surface area contributed by atoms with Crippen LogP contribution in [0.1, 0.15) is 23.3 Å². The van der Waals surface area contributed by atoms with E-state index in [1.54, 1.807) is 5.38 Å². The van der Waals surface area contributed by atoms with E-state index in [1.165, 1.54) is 24.2 Å². The van der Waals surface area contributed by atoms with Crippen molar-refractivity contribution in [2.45, 2.75) is 12.8 Å². The fourth-order valence-corrected chi connectivity index (χ4v) is 2.68. The van der Waals surface area contributed by atoms with Gasteiger partial charge in [0.05, 0.1) is 0 Å². The van der Waals surface area contributed by atoms with Crippen molar-refractivity contribution in [3.05, 3.63) is 40.4 Å². The van der Waals surface area contributed by atoms with Crippen LogP contribution in [0.5, 0.6) is 0 Å². The molecule has 2 aromatic rings. The van der Waals surface area contributed by atoms with Gasteiger partial charge < -0.3 is 5.32 Å². The summed E-state index contributed by atoms with van der Waals surface area (Å²) < 4.78 is 0. The number of carbonyl (C=O) groups excluding carboxylic acids is 1. The van der Waals surface area contributed by atoms with Gasteiger partial charge in [-0.05, 0) is 30.9 Å². The maximum absolute atomic E-state index is 11.9. The third-order valence-electron chi connectivity index (χ3n) is 3.08. The highest BCUT2D eigenvalue weighted by Gasteiger charge is 2.22. The number of benzene rings is 1. The summed E-state index contributed by atoms with van der Waals surface area (Å²) in [5.41, 5.74) is 1.48. The van der Waals surface area contributed by atoms with E-state index < -0.39 is 0 Å². The van der Waals surface area contributed by atoms with E-state index in [1.807, 2.05) is 24.3 Å². The first-order valence-electron chi connectivity index (χ1n) is 6.22. The molecule has 0 spiro atoms. The average molecular weight is 293 g/mol. The second kappa shape index (κ2) is 5.31. The molecular weight excluding hydrogens is 280 g/mol. The summed E-state index contributed by atoms with van der Waals surface area (Å²) in [6, 6.07) is 7.47. The number of thiazole rings is 1.